The predicted octanol–water partition coefficient (Wildman–Crippen LogP) is 0.0435. The first-order valence-electron chi connectivity index (χ1n) is 2.58. The van der Waals surface area contributed by atoms with E-state index in [0.717, 1.165) is 0 Å². The van der Waals surface area contributed by atoms with Gasteiger partial charge in [-0.1, -0.05) is 0 Å². The van der Waals surface area contributed by atoms with Crippen LogP contribution in [0.3, 0.4) is 0 Å². The first kappa shape index (κ1) is 7.59. The minimum Gasteiger partial charge on any atom is -0.397 e. The molecule has 1 aliphatic heterocycles. The molecule has 1 heterocycles. The van der Waals surface area contributed by atoms with Crippen molar-refractivity contribution < 1.29 is 9.84 Å². The van der Waals surface area contributed by atoms with E-state index in [4.69, 9.17) is 9.84 Å². The number of ether oxygens (including phenoxy) is 1. The van der Waals surface area contributed by atoms with E-state index in [2.05, 4.69) is 4.99 Å². The van der Waals surface area contributed by atoms with E-state index in [0.29, 0.717) is 13.3 Å². The first-order valence-corrected chi connectivity index (χ1v) is 2.58. The summed E-state index contributed by atoms with van der Waals surface area (Å²) < 4.78 is 4.72. The van der Waals surface area contributed by atoms with Crippen molar-refractivity contribution in [3.8, 4) is 0 Å². The van der Waals surface area contributed by atoms with E-state index in [9.17, 15) is 0 Å². The highest BCUT2D eigenvalue weighted by Crippen LogP contribution is 1.79. The minimum absolute atomic E-state index is 0.250. The third-order valence-electron chi connectivity index (χ3n) is 0.487. The maximum absolute atomic E-state index is 7.57. The summed E-state index contributed by atoms with van der Waals surface area (Å²) in [5.41, 5.74) is 0. The van der Waals surface area contributed by atoms with Gasteiger partial charge in [-0.2, -0.15) is 0 Å². The molecule has 0 amide bonds. The maximum Gasteiger partial charge on any atom is 0.137 e. The van der Waals surface area contributed by atoms with Gasteiger partial charge in [-0.05, 0) is 6.92 Å². The number of aliphatic imine (C=N–C) groups is 1. The van der Waals surface area contributed by atoms with Crippen molar-refractivity contribution in [2.75, 3.05) is 19.9 Å². The highest BCUT2D eigenvalue weighted by atomic mass is 16.5. The molecule has 0 aromatic heterocycles. The van der Waals surface area contributed by atoms with Crippen molar-refractivity contribution in [3.63, 3.8) is 0 Å². The Balaban J connectivity index is 0.000000145. The second kappa shape index (κ2) is 6.59. The number of hydrogen-bond donors (Lipinski definition) is 1. The first-order chi connectivity index (χ1) is 3.91. The Kier molecular flexibility index (Phi) is 6.25. The van der Waals surface area contributed by atoms with Gasteiger partial charge in [0.1, 0.15) is 6.73 Å². The Morgan fingerprint density at radius 3 is 2.62 bits per heavy atom. The van der Waals surface area contributed by atoms with Gasteiger partial charge in [-0.25, -0.2) is 0 Å². The summed E-state index contributed by atoms with van der Waals surface area (Å²) in [4.78, 5) is 3.74. The quantitative estimate of drug-likeness (QED) is 0.487. The predicted molar refractivity (Wildman–Crippen MR) is 32.1 cm³/mol. The van der Waals surface area contributed by atoms with Gasteiger partial charge < -0.3 is 9.84 Å². The van der Waals surface area contributed by atoms with Gasteiger partial charge in [0, 0.05) is 12.8 Å². The zero-order chi connectivity index (χ0) is 6.24. The van der Waals surface area contributed by atoms with Crippen LogP contribution < -0.4 is 0 Å². The van der Waals surface area contributed by atoms with Crippen LogP contribution in [0.2, 0.25) is 0 Å². The minimum atomic E-state index is 0.250. The second-order valence-corrected chi connectivity index (χ2v) is 1.18. The molecular formula is C5H11NO2. The summed E-state index contributed by atoms with van der Waals surface area (Å²) in [5.74, 6) is 0. The topological polar surface area (TPSA) is 41.8 Å². The highest BCUT2D eigenvalue weighted by Gasteiger charge is 1.84. The van der Waals surface area contributed by atoms with E-state index in [1.165, 1.54) is 0 Å². The normalized spacial score (nSPS) is 15.2. The van der Waals surface area contributed by atoms with Gasteiger partial charge >= 0.3 is 0 Å². The molecular weight excluding hydrogens is 106 g/mol. The molecule has 0 aromatic rings. The van der Waals surface area contributed by atoms with Crippen molar-refractivity contribution in [3.05, 3.63) is 0 Å². The Labute approximate surface area is 49.0 Å². The molecule has 3 nitrogen and oxygen atoms in total. The molecule has 0 saturated heterocycles. The molecule has 0 aliphatic carbocycles. The number of nitrogens with zero attached hydrogens (tertiary/aromatic N) is 1. The second-order valence-electron chi connectivity index (χ2n) is 1.18. The van der Waals surface area contributed by atoms with E-state index in [1.807, 2.05) is 0 Å². The van der Waals surface area contributed by atoms with Crippen molar-refractivity contribution >= 4 is 6.21 Å². The van der Waals surface area contributed by atoms with Crippen LogP contribution in [-0.4, -0.2) is 31.3 Å². The Hall–Kier alpha value is -0.410. The van der Waals surface area contributed by atoms with E-state index < -0.39 is 0 Å². The lowest BCUT2D eigenvalue weighted by molar-refractivity contribution is 0.203. The van der Waals surface area contributed by atoms with Gasteiger partial charge in [0.15, 0.2) is 0 Å². The van der Waals surface area contributed by atoms with E-state index in [1.54, 1.807) is 13.1 Å². The summed E-state index contributed by atoms with van der Waals surface area (Å²) >= 11 is 0. The van der Waals surface area contributed by atoms with Crippen LogP contribution in [0, 0.1) is 0 Å². The van der Waals surface area contributed by atoms with Gasteiger partial charge in [-0.15, -0.1) is 0 Å². The smallest absolute Gasteiger partial charge is 0.137 e. The zero-order valence-electron chi connectivity index (χ0n) is 5.00. The lowest BCUT2D eigenvalue weighted by Gasteiger charge is -1.75. The molecule has 0 radical (unpaired) electrons. The van der Waals surface area contributed by atoms with Crippen LogP contribution in [0.5, 0.6) is 0 Å². The van der Waals surface area contributed by atoms with Gasteiger partial charge in [0.05, 0.1) is 6.61 Å². The van der Waals surface area contributed by atoms with Crippen molar-refractivity contribution in [2.24, 2.45) is 4.99 Å². The summed E-state index contributed by atoms with van der Waals surface area (Å²) in [7, 11) is 0. The van der Waals surface area contributed by atoms with Crippen LogP contribution in [0.25, 0.3) is 0 Å². The van der Waals surface area contributed by atoms with E-state index in [-0.39, 0.29) is 6.61 Å². The third-order valence-corrected chi connectivity index (χ3v) is 0.487. The van der Waals surface area contributed by atoms with Crippen molar-refractivity contribution in [1.29, 1.82) is 0 Å². The largest absolute Gasteiger partial charge is 0.397 e. The third kappa shape index (κ3) is 5.59. The molecule has 0 unspecified atom stereocenters. The number of rotatable bonds is 0. The lowest BCUT2D eigenvalue weighted by Crippen LogP contribution is -1.79. The molecule has 1 N–H and O–H groups in total. The van der Waals surface area contributed by atoms with Crippen molar-refractivity contribution in [2.45, 2.75) is 6.92 Å². The fourth-order valence-electron chi connectivity index (χ4n) is 0.264. The van der Waals surface area contributed by atoms with Crippen LogP contribution in [-0.2, 0) is 4.74 Å². The van der Waals surface area contributed by atoms with Crippen LogP contribution >= 0.6 is 0 Å². The fourth-order valence-corrected chi connectivity index (χ4v) is 0.264. The molecule has 0 atom stereocenters. The SMILES string of the molecule is C1=NCOC1.CCO. The zero-order valence-corrected chi connectivity index (χ0v) is 5.00. The monoisotopic (exact) mass is 117 g/mol. The summed E-state index contributed by atoms with van der Waals surface area (Å²) in [6.07, 6.45) is 1.76. The van der Waals surface area contributed by atoms with Crippen LogP contribution in [0.15, 0.2) is 4.99 Å². The molecule has 1 aliphatic rings. The van der Waals surface area contributed by atoms with Crippen molar-refractivity contribution in [1.82, 2.24) is 0 Å². The summed E-state index contributed by atoms with van der Waals surface area (Å²) in [5, 5.41) is 7.57. The molecule has 0 bridgehead atoms. The van der Waals surface area contributed by atoms with Gasteiger partial charge in [0.25, 0.3) is 0 Å². The summed E-state index contributed by atoms with van der Waals surface area (Å²) in [6.45, 7) is 3.21. The number of aliphatic hydroxyl groups excluding tert-OH is 1. The molecule has 0 aromatic carbocycles. The molecule has 0 spiro atoms. The number of hydrogen-bond acceptors (Lipinski definition) is 3. The Bertz CT molecular complexity index is 57.4. The molecule has 1 rings (SSSR count). The number of aliphatic hydroxyl groups is 1. The standard InChI is InChI=1S/C3H5NO.C2H6O/c1-2-5-3-4-1;1-2-3/h1H,2-3H2;3H,2H2,1H3. The molecule has 0 fully saturated rings. The summed E-state index contributed by atoms with van der Waals surface area (Å²) in [6, 6.07) is 0. The average Bonchev–Trinajstić information content (AvgIpc) is 2.17. The van der Waals surface area contributed by atoms with Crippen LogP contribution in [0.1, 0.15) is 6.92 Å². The van der Waals surface area contributed by atoms with Gasteiger partial charge in [-0.3, -0.25) is 4.99 Å². The Morgan fingerprint density at radius 2 is 2.50 bits per heavy atom. The molecule has 3 heteroatoms. The molecule has 8 heavy (non-hydrogen) atoms. The Morgan fingerprint density at radius 1 is 1.88 bits per heavy atom. The fraction of sp³-hybridized carbons (Fsp3) is 0.800. The highest BCUT2D eigenvalue weighted by molar-refractivity contribution is 5.59. The van der Waals surface area contributed by atoms with Crippen LogP contribution in [0.4, 0.5) is 0 Å². The molecule has 0 saturated carbocycles. The lowest BCUT2D eigenvalue weighted by atomic mass is 10.8. The average molecular weight is 117 g/mol. The van der Waals surface area contributed by atoms with Gasteiger partial charge in [0.2, 0.25) is 0 Å². The van der Waals surface area contributed by atoms with E-state index >= 15 is 0 Å². The maximum atomic E-state index is 7.57. The molecule has 48 valence electrons.